The highest BCUT2D eigenvalue weighted by molar-refractivity contribution is 6.30. The van der Waals surface area contributed by atoms with Crippen LogP contribution in [0.2, 0.25) is 5.02 Å². The van der Waals surface area contributed by atoms with E-state index >= 15 is 0 Å². The van der Waals surface area contributed by atoms with E-state index in [4.69, 9.17) is 26.8 Å². The molecule has 4 amide bonds. The minimum atomic E-state index is -0.822. The van der Waals surface area contributed by atoms with Gasteiger partial charge in [0.25, 0.3) is 0 Å². The Bertz CT molecular complexity index is 1240. The molecule has 4 N–H and O–H groups in total. The lowest BCUT2D eigenvalue weighted by atomic mass is 9.90. The summed E-state index contributed by atoms with van der Waals surface area (Å²) < 4.78 is 11.9. The zero-order valence-electron chi connectivity index (χ0n) is 32.6. The van der Waals surface area contributed by atoms with E-state index in [0.717, 1.165) is 18.4 Å². The van der Waals surface area contributed by atoms with Crippen molar-refractivity contribution in [3.8, 4) is 0 Å². The number of methoxy groups -OCH3 is 2. The summed E-state index contributed by atoms with van der Waals surface area (Å²) in [5, 5.41) is 6.65. The van der Waals surface area contributed by atoms with Crippen molar-refractivity contribution >= 4 is 35.2 Å². The zero-order chi connectivity index (χ0) is 38.4. The van der Waals surface area contributed by atoms with Crippen molar-refractivity contribution in [2.24, 2.45) is 23.5 Å². The molecule has 0 aliphatic carbocycles. The number of hydrogen-bond acceptors (Lipinski definition) is 8. The monoisotopic (exact) mass is 736 g/mol. The average molecular weight is 737 g/mol. The molecule has 0 saturated carbocycles. The Balaban J connectivity index is 2.20. The number of ether oxygens (including phenoxy) is 2. The van der Waals surface area contributed by atoms with E-state index in [1.54, 1.807) is 26.2 Å². The van der Waals surface area contributed by atoms with Gasteiger partial charge in [-0.2, -0.15) is 0 Å². The van der Waals surface area contributed by atoms with Crippen LogP contribution in [0.5, 0.6) is 0 Å². The van der Waals surface area contributed by atoms with Crippen molar-refractivity contribution < 1.29 is 28.7 Å². The van der Waals surface area contributed by atoms with Gasteiger partial charge in [-0.05, 0) is 75.9 Å². The van der Waals surface area contributed by atoms with E-state index in [-0.39, 0.29) is 60.9 Å². The first-order valence-corrected chi connectivity index (χ1v) is 18.8. The van der Waals surface area contributed by atoms with Gasteiger partial charge >= 0.3 is 0 Å². The van der Waals surface area contributed by atoms with Gasteiger partial charge in [0, 0.05) is 39.4 Å². The first kappa shape index (κ1) is 44.4. The molecule has 1 heterocycles. The van der Waals surface area contributed by atoms with Crippen LogP contribution >= 0.6 is 11.6 Å². The highest BCUT2D eigenvalue weighted by atomic mass is 35.5. The molecular weight excluding hydrogens is 672 g/mol. The first-order valence-electron chi connectivity index (χ1n) is 18.4. The number of carbonyl (C=O) groups excluding carboxylic acids is 4. The molecule has 0 aromatic heterocycles. The number of rotatable bonds is 21. The lowest BCUT2D eigenvalue weighted by Crippen LogP contribution is -2.58. The predicted octanol–water partition coefficient (Wildman–Crippen LogP) is 3.34. The SMILES string of the molecule is CC[C@H](C)[C@@H]([C@@H](CC(=O)N1CCC[C@H]1[C@H](OC)[C@@H](C)C(=O)NCCc1ccc(Cl)cc1)OC)N(C)C(=O)[C@H](CCN)NC(=O)C(C(C)C)N(C)C. The summed E-state index contributed by atoms with van der Waals surface area (Å²) in [6, 6.07) is 5.57. The largest absolute Gasteiger partial charge is 0.379 e. The Labute approximate surface area is 311 Å². The smallest absolute Gasteiger partial charge is 0.245 e. The number of hydrogen-bond donors (Lipinski definition) is 3. The van der Waals surface area contributed by atoms with Gasteiger partial charge in [-0.1, -0.05) is 64.8 Å². The third-order valence-corrected chi connectivity index (χ3v) is 10.7. The third kappa shape index (κ3) is 12.4. The number of nitrogens with one attached hydrogen (secondary N) is 2. The number of amides is 4. The molecular formula is C38H65ClN6O6. The maximum Gasteiger partial charge on any atom is 0.245 e. The maximum atomic E-state index is 14.1. The zero-order valence-corrected chi connectivity index (χ0v) is 33.4. The molecule has 0 bridgehead atoms. The molecule has 1 aliphatic heterocycles. The van der Waals surface area contributed by atoms with Crippen molar-refractivity contribution in [1.29, 1.82) is 0 Å². The van der Waals surface area contributed by atoms with Crippen molar-refractivity contribution in [2.75, 3.05) is 55.0 Å². The van der Waals surface area contributed by atoms with Gasteiger partial charge < -0.3 is 35.6 Å². The van der Waals surface area contributed by atoms with Gasteiger partial charge in [-0.25, -0.2) is 0 Å². The molecule has 1 unspecified atom stereocenters. The van der Waals surface area contributed by atoms with Gasteiger partial charge in [0.1, 0.15) is 6.04 Å². The van der Waals surface area contributed by atoms with Gasteiger partial charge in [0.05, 0.1) is 42.7 Å². The minimum absolute atomic E-state index is 0.0196. The van der Waals surface area contributed by atoms with Gasteiger partial charge in [0.15, 0.2) is 0 Å². The summed E-state index contributed by atoms with van der Waals surface area (Å²) in [5.41, 5.74) is 6.99. The fourth-order valence-corrected chi connectivity index (χ4v) is 7.63. The number of carbonyl (C=O) groups is 4. The second-order valence-electron chi connectivity index (χ2n) is 14.5. The second kappa shape index (κ2) is 21.7. The van der Waals surface area contributed by atoms with Gasteiger partial charge in [0.2, 0.25) is 23.6 Å². The van der Waals surface area contributed by atoms with E-state index in [1.165, 1.54) is 0 Å². The summed E-state index contributed by atoms with van der Waals surface area (Å²) in [5.74, 6) is -1.23. The normalized spacial score (nSPS) is 18.9. The molecule has 0 spiro atoms. The number of benzene rings is 1. The number of likely N-dealkylation sites (tertiary alicyclic amines) is 1. The third-order valence-electron chi connectivity index (χ3n) is 10.4. The molecule has 0 radical (unpaired) electrons. The predicted molar refractivity (Wildman–Crippen MR) is 202 cm³/mol. The van der Waals surface area contributed by atoms with Gasteiger partial charge in [-0.3, -0.25) is 24.1 Å². The standard InChI is InChI=1S/C38H65ClN6O6/c1-11-25(4)34(44(8)38(49)29(18-20-40)42-37(48)33(24(2)3)43(6)7)31(50-9)23-32(46)45-22-12-13-30(45)35(51-10)26(5)36(47)41-21-19-27-14-16-28(39)17-15-27/h14-17,24-26,29-31,33-35H,11-13,18-23,40H2,1-10H3,(H,41,47)(H,42,48)/t25-,26+,29-,30-,31+,33?,34-,35+/m0/s1. The van der Waals surface area contributed by atoms with E-state index in [1.807, 2.05) is 82.8 Å². The van der Waals surface area contributed by atoms with Crippen molar-refractivity contribution in [3.05, 3.63) is 34.9 Å². The molecule has 1 saturated heterocycles. The Kier molecular flexibility index (Phi) is 18.9. The first-order chi connectivity index (χ1) is 24.1. The highest BCUT2D eigenvalue weighted by Crippen LogP contribution is 2.29. The van der Waals surface area contributed by atoms with E-state index < -0.39 is 36.3 Å². The van der Waals surface area contributed by atoms with Crippen LogP contribution in [-0.2, 0) is 35.1 Å². The van der Waals surface area contributed by atoms with E-state index in [0.29, 0.717) is 31.0 Å². The lowest BCUT2D eigenvalue weighted by Gasteiger charge is -2.40. The summed E-state index contributed by atoms with van der Waals surface area (Å²) in [7, 11) is 8.54. The fraction of sp³-hybridized carbons (Fsp3) is 0.737. The number of nitrogens with two attached hydrogens (primary N) is 1. The molecule has 1 aromatic carbocycles. The van der Waals surface area contributed by atoms with Crippen LogP contribution in [0, 0.1) is 17.8 Å². The van der Waals surface area contributed by atoms with Crippen molar-refractivity contribution in [3.63, 3.8) is 0 Å². The molecule has 1 fully saturated rings. The molecule has 12 nitrogen and oxygen atoms in total. The Hall–Kier alpha value is -2.77. The molecule has 51 heavy (non-hydrogen) atoms. The fourth-order valence-electron chi connectivity index (χ4n) is 7.51. The second-order valence-corrected chi connectivity index (χ2v) is 15.0. The van der Waals surface area contributed by atoms with Gasteiger partial charge in [-0.15, -0.1) is 0 Å². The molecule has 2 rings (SSSR count). The molecule has 1 aromatic rings. The van der Waals surface area contributed by atoms with Crippen molar-refractivity contribution in [2.45, 2.75) is 110 Å². The number of nitrogens with zero attached hydrogens (tertiary/aromatic N) is 3. The number of likely N-dealkylation sites (N-methyl/N-ethyl adjacent to an activating group) is 2. The molecule has 13 heteroatoms. The average Bonchev–Trinajstić information content (AvgIpc) is 3.57. The highest BCUT2D eigenvalue weighted by Gasteiger charge is 2.42. The Morgan fingerprint density at radius 3 is 2.20 bits per heavy atom. The summed E-state index contributed by atoms with van der Waals surface area (Å²) in [4.78, 5) is 60.0. The Morgan fingerprint density at radius 2 is 1.67 bits per heavy atom. The molecule has 1 aliphatic rings. The van der Waals surface area contributed by atoms with Crippen LogP contribution < -0.4 is 16.4 Å². The van der Waals surface area contributed by atoms with Crippen LogP contribution in [-0.4, -0.2) is 130 Å². The van der Waals surface area contributed by atoms with Crippen molar-refractivity contribution in [1.82, 2.24) is 25.3 Å². The summed E-state index contributed by atoms with van der Waals surface area (Å²) in [6.07, 6.45) is 2.11. The van der Waals surface area contributed by atoms with E-state index in [2.05, 4.69) is 10.6 Å². The van der Waals surface area contributed by atoms with Crippen LogP contribution in [0.4, 0.5) is 0 Å². The van der Waals surface area contributed by atoms with E-state index in [9.17, 15) is 19.2 Å². The topological polar surface area (TPSA) is 147 Å². The van der Waals surface area contributed by atoms with Crippen LogP contribution in [0.15, 0.2) is 24.3 Å². The van der Waals surface area contributed by atoms with Crippen LogP contribution in [0.25, 0.3) is 0 Å². The summed E-state index contributed by atoms with van der Waals surface area (Å²) >= 11 is 5.99. The quantitative estimate of drug-likeness (QED) is 0.174. The lowest BCUT2D eigenvalue weighted by molar-refractivity contribution is -0.147. The molecule has 290 valence electrons. The maximum absolute atomic E-state index is 14.1. The van der Waals surface area contributed by atoms with Crippen LogP contribution in [0.3, 0.4) is 0 Å². The molecule has 8 atom stereocenters. The van der Waals surface area contributed by atoms with Crippen LogP contribution in [0.1, 0.15) is 72.3 Å². The minimum Gasteiger partial charge on any atom is -0.379 e. The number of halogens is 1. The summed E-state index contributed by atoms with van der Waals surface area (Å²) in [6.45, 7) is 11.1. The Morgan fingerprint density at radius 1 is 1.02 bits per heavy atom.